The van der Waals surface area contributed by atoms with Crippen LogP contribution in [-0.2, 0) is 16.0 Å². The molecule has 0 unspecified atom stereocenters. The number of carbonyl (C=O) groups is 1. The Morgan fingerprint density at radius 3 is 2.68 bits per heavy atom. The Labute approximate surface area is 118 Å². The predicted octanol–water partition coefficient (Wildman–Crippen LogP) is 2.56. The van der Waals surface area contributed by atoms with Gasteiger partial charge in [-0.05, 0) is 18.9 Å². The molecule has 0 bridgehead atoms. The minimum absolute atomic E-state index is 0.130. The fourth-order valence-electron chi connectivity index (χ4n) is 1.73. The number of carbonyl (C=O) groups excluding carboxylic acids is 1. The fourth-order valence-corrected chi connectivity index (χ4v) is 1.95. The molecule has 0 aromatic heterocycles. The number of rotatable bonds is 7. The highest BCUT2D eigenvalue weighted by Gasteiger charge is 2.16. The quantitative estimate of drug-likeness (QED) is 0.475. The van der Waals surface area contributed by atoms with E-state index in [1.807, 2.05) is 30.3 Å². The number of aliphatic hydroxyl groups excluding tert-OH is 1. The first-order valence-electron chi connectivity index (χ1n) is 6.30. The number of alkyl halides is 1. The summed E-state index contributed by atoms with van der Waals surface area (Å²) in [6.45, 7) is 2.09. The summed E-state index contributed by atoms with van der Waals surface area (Å²) >= 11 is 5.69. The standard InChI is InChI=1S/C15H19ClO3/c1-2-19-15(18)9-8-13(14(17)11-16)10-12-6-4-3-5-7-12/h3-9,13-14,17H,2,10-11H2,1H3/t13-,14-/m0/s1. The van der Waals surface area contributed by atoms with E-state index in [2.05, 4.69) is 0 Å². The molecule has 0 aliphatic carbocycles. The van der Waals surface area contributed by atoms with Crippen LogP contribution in [0.5, 0.6) is 0 Å². The Morgan fingerprint density at radius 2 is 2.11 bits per heavy atom. The number of halogens is 1. The molecule has 1 rings (SSSR count). The molecule has 0 saturated carbocycles. The Hall–Kier alpha value is -1.32. The van der Waals surface area contributed by atoms with Crippen LogP contribution in [0.1, 0.15) is 12.5 Å². The van der Waals surface area contributed by atoms with Crippen molar-refractivity contribution < 1.29 is 14.6 Å². The van der Waals surface area contributed by atoms with Gasteiger partial charge < -0.3 is 9.84 Å². The number of esters is 1. The third kappa shape index (κ3) is 5.90. The molecule has 4 heteroatoms. The second-order valence-corrected chi connectivity index (χ2v) is 4.50. The van der Waals surface area contributed by atoms with Crippen LogP contribution in [0.3, 0.4) is 0 Å². The van der Waals surface area contributed by atoms with E-state index in [9.17, 15) is 9.90 Å². The Balaban J connectivity index is 2.70. The van der Waals surface area contributed by atoms with Gasteiger partial charge in [-0.15, -0.1) is 11.6 Å². The monoisotopic (exact) mass is 282 g/mol. The lowest BCUT2D eigenvalue weighted by Gasteiger charge is -2.17. The minimum Gasteiger partial charge on any atom is -0.463 e. The minimum atomic E-state index is -0.687. The lowest BCUT2D eigenvalue weighted by atomic mass is 9.94. The lowest BCUT2D eigenvalue weighted by Crippen LogP contribution is -2.22. The van der Waals surface area contributed by atoms with Gasteiger partial charge in [0.05, 0.1) is 12.7 Å². The summed E-state index contributed by atoms with van der Waals surface area (Å²) in [6.07, 6.45) is 2.96. The van der Waals surface area contributed by atoms with Gasteiger partial charge in [0, 0.05) is 17.9 Å². The van der Waals surface area contributed by atoms with Crippen LogP contribution in [0.4, 0.5) is 0 Å². The summed E-state index contributed by atoms with van der Waals surface area (Å²) in [5.41, 5.74) is 1.09. The average molecular weight is 283 g/mol. The molecule has 1 N–H and O–H groups in total. The van der Waals surface area contributed by atoms with Crippen molar-refractivity contribution in [1.82, 2.24) is 0 Å². The van der Waals surface area contributed by atoms with E-state index < -0.39 is 12.1 Å². The van der Waals surface area contributed by atoms with E-state index in [0.717, 1.165) is 5.56 Å². The smallest absolute Gasteiger partial charge is 0.330 e. The Kier molecular flexibility index (Phi) is 7.23. The van der Waals surface area contributed by atoms with Gasteiger partial charge >= 0.3 is 5.97 Å². The molecule has 0 fully saturated rings. The second-order valence-electron chi connectivity index (χ2n) is 4.19. The summed E-state index contributed by atoms with van der Waals surface area (Å²) in [6, 6.07) is 9.77. The largest absolute Gasteiger partial charge is 0.463 e. The molecule has 0 spiro atoms. The molecule has 0 saturated heterocycles. The van der Waals surface area contributed by atoms with Crippen molar-refractivity contribution in [1.29, 1.82) is 0 Å². The van der Waals surface area contributed by atoms with Crippen molar-refractivity contribution in [2.45, 2.75) is 19.4 Å². The molecule has 0 amide bonds. The summed E-state index contributed by atoms with van der Waals surface area (Å²) in [4.78, 5) is 11.3. The van der Waals surface area contributed by atoms with E-state index in [0.29, 0.717) is 13.0 Å². The van der Waals surface area contributed by atoms with Gasteiger partial charge in [-0.2, -0.15) is 0 Å². The molecule has 19 heavy (non-hydrogen) atoms. The highest BCUT2D eigenvalue weighted by molar-refractivity contribution is 6.18. The first-order chi connectivity index (χ1) is 9.17. The van der Waals surface area contributed by atoms with E-state index in [-0.39, 0.29) is 11.8 Å². The van der Waals surface area contributed by atoms with E-state index in [1.165, 1.54) is 6.08 Å². The number of hydrogen-bond donors (Lipinski definition) is 1. The third-order valence-corrected chi connectivity index (χ3v) is 3.05. The number of ether oxygens (including phenoxy) is 1. The van der Waals surface area contributed by atoms with Crippen molar-refractivity contribution in [3.63, 3.8) is 0 Å². The predicted molar refractivity (Wildman–Crippen MR) is 76.1 cm³/mol. The molecule has 2 atom stereocenters. The first-order valence-corrected chi connectivity index (χ1v) is 6.83. The Bertz CT molecular complexity index is 403. The Morgan fingerprint density at radius 1 is 1.42 bits per heavy atom. The van der Waals surface area contributed by atoms with Gasteiger partial charge in [0.25, 0.3) is 0 Å². The first kappa shape index (κ1) is 15.7. The molecule has 1 aromatic rings. The molecule has 0 aliphatic rings. The number of hydrogen-bond acceptors (Lipinski definition) is 3. The van der Waals surface area contributed by atoms with Crippen molar-refractivity contribution in [3.05, 3.63) is 48.0 Å². The summed E-state index contributed by atoms with van der Waals surface area (Å²) in [5, 5.41) is 9.89. The van der Waals surface area contributed by atoms with Gasteiger partial charge in [0.2, 0.25) is 0 Å². The van der Waals surface area contributed by atoms with Crippen LogP contribution in [0.2, 0.25) is 0 Å². The van der Waals surface area contributed by atoms with Crippen LogP contribution in [0.25, 0.3) is 0 Å². The number of aliphatic hydroxyl groups is 1. The van der Waals surface area contributed by atoms with E-state index >= 15 is 0 Å². The second kappa shape index (κ2) is 8.73. The zero-order chi connectivity index (χ0) is 14.1. The van der Waals surface area contributed by atoms with Crippen LogP contribution in [-0.4, -0.2) is 29.7 Å². The van der Waals surface area contributed by atoms with Gasteiger partial charge in [-0.3, -0.25) is 0 Å². The molecule has 0 radical (unpaired) electrons. The molecule has 104 valence electrons. The van der Waals surface area contributed by atoms with Crippen LogP contribution in [0, 0.1) is 5.92 Å². The maximum absolute atomic E-state index is 11.3. The van der Waals surface area contributed by atoms with Crippen molar-refractivity contribution in [2.24, 2.45) is 5.92 Å². The zero-order valence-electron chi connectivity index (χ0n) is 11.0. The van der Waals surface area contributed by atoms with Crippen LogP contribution < -0.4 is 0 Å². The van der Waals surface area contributed by atoms with Crippen molar-refractivity contribution >= 4 is 17.6 Å². The van der Waals surface area contributed by atoms with E-state index in [1.54, 1.807) is 13.0 Å². The lowest BCUT2D eigenvalue weighted by molar-refractivity contribution is -0.137. The van der Waals surface area contributed by atoms with Gasteiger partial charge in [-0.25, -0.2) is 4.79 Å². The van der Waals surface area contributed by atoms with Gasteiger partial charge in [0.15, 0.2) is 0 Å². The summed E-state index contributed by atoms with van der Waals surface area (Å²) in [5.74, 6) is -0.475. The molecule has 0 aliphatic heterocycles. The van der Waals surface area contributed by atoms with Gasteiger partial charge in [-0.1, -0.05) is 36.4 Å². The fraction of sp³-hybridized carbons (Fsp3) is 0.400. The normalized spacial score (nSPS) is 14.3. The van der Waals surface area contributed by atoms with Crippen LogP contribution in [0.15, 0.2) is 42.5 Å². The SMILES string of the molecule is CCOC(=O)C=C[C@@H](Cc1ccccc1)[C@@H](O)CCl. The maximum Gasteiger partial charge on any atom is 0.330 e. The average Bonchev–Trinajstić information content (AvgIpc) is 2.44. The topological polar surface area (TPSA) is 46.5 Å². The van der Waals surface area contributed by atoms with E-state index in [4.69, 9.17) is 16.3 Å². The molecular weight excluding hydrogens is 264 g/mol. The molecule has 0 heterocycles. The summed E-state index contributed by atoms with van der Waals surface area (Å²) in [7, 11) is 0. The highest BCUT2D eigenvalue weighted by atomic mass is 35.5. The third-order valence-electron chi connectivity index (χ3n) is 2.73. The summed E-state index contributed by atoms with van der Waals surface area (Å²) < 4.78 is 4.82. The number of benzene rings is 1. The van der Waals surface area contributed by atoms with Crippen molar-refractivity contribution in [3.8, 4) is 0 Å². The van der Waals surface area contributed by atoms with Gasteiger partial charge in [0.1, 0.15) is 0 Å². The van der Waals surface area contributed by atoms with Crippen LogP contribution >= 0.6 is 11.6 Å². The molecule has 1 aromatic carbocycles. The van der Waals surface area contributed by atoms with Crippen molar-refractivity contribution in [2.75, 3.05) is 12.5 Å². The zero-order valence-corrected chi connectivity index (χ0v) is 11.7. The molecular formula is C15H19ClO3. The maximum atomic E-state index is 11.3. The molecule has 3 nitrogen and oxygen atoms in total. The highest BCUT2D eigenvalue weighted by Crippen LogP contribution is 2.15.